The molecular formula is C18H17FN2O2. The van der Waals surface area contributed by atoms with E-state index in [-0.39, 0.29) is 17.4 Å². The highest BCUT2D eigenvalue weighted by atomic mass is 19.1. The number of rotatable bonds is 3. The van der Waals surface area contributed by atoms with Gasteiger partial charge < -0.3 is 10.2 Å². The molecule has 0 aromatic heterocycles. The van der Waals surface area contributed by atoms with Crippen LogP contribution < -0.4 is 10.2 Å². The fraction of sp³-hybridized carbons (Fsp3) is 0.222. The van der Waals surface area contributed by atoms with Crippen LogP contribution in [0.2, 0.25) is 0 Å². The highest BCUT2D eigenvalue weighted by molar-refractivity contribution is 6.04. The van der Waals surface area contributed by atoms with Crippen molar-refractivity contribution >= 4 is 23.2 Å². The molecule has 2 aromatic carbocycles. The molecule has 0 radical (unpaired) electrons. The van der Waals surface area contributed by atoms with Crippen LogP contribution >= 0.6 is 0 Å². The number of hydrogen-bond acceptors (Lipinski definition) is 2. The van der Waals surface area contributed by atoms with Crippen LogP contribution in [0.5, 0.6) is 0 Å². The smallest absolute Gasteiger partial charge is 0.255 e. The molecule has 0 aliphatic carbocycles. The third kappa shape index (κ3) is 3.56. The van der Waals surface area contributed by atoms with Crippen molar-refractivity contribution in [2.75, 3.05) is 16.8 Å². The molecule has 2 aromatic rings. The van der Waals surface area contributed by atoms with Crippen LogP contribution in [0.3, 0.4) is 0 Å². The van der Waals surface area contributed by atoms with Gasteiger partial charge in [0.15, 0.2) is 0 Å². The van der Waals surface area contributed by atoms with E-state index >= 15 is 0 Å². The highest BCUT2D eigenvalue weighted by Gasteiger charge is 2.19. The molecule has 4 nitrogen and oxygen atoms in total. The Morgan fingerprint density at radius 3 is 2.57 bits per heavy atom. The van der Waals surface area contributed by atoms with E-state index < -0.39 is 5.82 Å². The molecule has 0 bridgehead atoms. The van der Waals surface area contributed by atoms with Gasteiger partial charge >= 0.3 is 0 Å². The molecule has 1 fully saturated rings. The first-order chi connectivity index (χ1) is 11.1. The number of anilines is 2. The van der Waals surface area contributed by atoms with Crippen molar-refractivity contribution in [3.05, 3.63) is 59.9 Å². The number of amides is 2. The average Bonchev–Trinajstić information content (AvgIpc) is 2.56. The van der Waals surface area contributed by atoms with Gasteiger partial charge in [-0.3, -0.25) is 9.59 Å². The summed E-state index contributed by atoms with van der Waals surface area (Å²) in [5.74, 6) is -0.685. The minimum Gasteiger partial charge on any atom is -0.322 e. The number of nitrogens with one attached hydrogen (secondary N) is 1. The normalized spacial score (nSPS) is 14.7. The Balaban J connectivity index is 1.70. The summed E-state index contributed by atoms with van der Waals surface area (Å²) in [6.07, 6.45) is 2.53. The standard InChI is InChI=1S/C18H17FN2O2/c19-14-5-3-4-13(12-14)18(23)20-15-7-9-16(10-8-15)21-11-2-1-6-17(21)22/h3-5,7-10,12H,1-2,6,11H2,(H,20,23). The fourth-order valence-corrected chi connectivity index (χ4v) is 2.64. The van der Waals surface area contributed by atoms with Gasteiger partial charge in [-0.15, -0.1) is 0 Å². The SMILES string of the molecule is O=C(Nc1ccc(N2CCCCC2=O)cc1)c1cccc(F)c1. The summed E-state index contributed by atoms with van der Waals surface area (Å²) in [4.78, 5) is 25.7. The van der Waals surface area contributed by atoms with Crippen LogP contribution in [0.1, 0.15) is 29.6 Å². The molecule has 0 atom stereocenters. The molecule has 1 aliphatic rings. The number of piperidine rings is 1. The first kappa shape index (κ1) is 15.2. The van der Waals surface area contributed by atoms with E-state index in [1.54, 1.807) is 23.1 Å². The summed E-state index contributed by atoms with van der Waals surface area (Å²) >= 11 is 0. The average molecular weight is 312 g/mol. The molecule has 1 aliphatic heterocycles. The van der Waals surface area contributed by atoms with Gasteiger partial charge in [-0.05, 0) is 55.3 Å². The lowest BCUT2D eigenvalue weighted by molar-refractivity contribution is -0.119. The summed E-state index contributed by atoms with van der Waals surface area (Å²) in [6.45, 7) is 0.730. The largest absolute Gasteiger partial charge is 0.322 e. The van der Waals surface area contributed by atoms with Gasteiger partial charge in [-0.25, -0.2) is 4.39 Å². The molecule has 5 heteroatoms. The van der Waals surface area contributed by atoms with Gasteiger partial charge in [0, 0.05) is 29.9 Å². The lowest BCUT2D eigenvalue weighted by Gasteiger charge is -2.26. The number of carbonyl (C=O) groups excluding carboxylic acids is 2. The Morgan fingerprint density at radius 2 is 1.87 bits per heavy atom. The van der Waals surface area contributed by atoms with E-state index in [9.17, 15) is 14.0 Å². The molecule has 1 heterocycles. The van der Waals surface area contributed by atoms with Crippen molar-refractivity contribution in [1.29, 1.82) is 0 Å². The van der Waals surface area contributed by atoms with Crippen molar-refractivity contribution in [2.45, 2.75) is 19.3 Å². The zero-order valence-corrected chi connectivity index (χ0v) is 12.6. The summed E-state index contributed by atoms with van der Waals surface area (Å²) in [7, 11) is 0. The Labute approximate surface area is 133 Å². The lowest BCUT2D eigenvalue weighted by atomic mass is 10.1. The van der Waals surface area contributed by atoms with Gasteiger partial charge in [0.25, 0.3) is 5.91 Å². The second-order valence-electron chi connectivity index (χ2n) is 5.51. The second-order valence-corrected chi connectivity index (χ2v) is 5.51. The van der Waals surface area contributed by atoms with Crippen LogP contribution in [-0.4, -0.2) is 18.4 Å². The molecule has 23 heavy (non-hydrogen) atoms. The zero-order valence-electron chi connectivity index (χ0n) is 12.6. The molecule has 3 rings (SSSR count). The van der Waals surface area contributed by atoms with Gasteiger partial charge in [0.1, 0.15) is 5.82 Å². The summed E-state index contributed by atoms with van der Waals surface area (Å²) in [5.41, 5.74) is 1.70. The Hall–Kier alpha value is -2.69. The van der Waals surface area contributed by atoms with Crippen molar-refractivity contribution in [1.82, 2.24) is 0 Å². The maximum absolute atomic E-state index is 13.1. The van der Waals surface area contributed by atoms with Crippen LogP contribution in [0.15, 0.2) is 48.5 Å². The maximum atomic E-state index is 13.1. The van der Waals surface area contributed by atoms with Gasteiger partial charge in [-0.2, -0.15) is 0 Å². The van der Waals surface area contributed by atoms with Crippen LogP contribution in [-0.2, 0) is 4.79 Å². The fourth-order valence-electron chi connectivity index (χ4n) is 2.64. The van der Waals surface area contributed by atoms with E-state index in [2.05, 4.69) is 5.32 Å². The maximum Gasteiger partial charge on any atom is 0.255 e. The van der Waals surface area contributed by atoms with Gasteiger partial charge in [0.2, 0.25) is 5.91 Å². The molecule has 2 amide bonds. The topological polar surface area (TPSA) is 49.4 Å². The van der Waals surface area contributed by atoms with Crippen molar-refractivity contribution in [3.63, 3.8) is 0 Å². The highest BCUT2D eigenvalue weighted by Crippen LogP contribution is 2.23. The van der Waals surface area contributed by atoms with Crippen LogP contribution in [0, 0.1) is 5.82 Å². The first-order valence-electron chi connectivity index (χ1n) is 7.61. The van der Waals surface area contributed by atoms with Crippen LogP contribution in [0.25, 0.3) is 0 Å². The molecule has 1 saturated heterocycles. The number of halogens is 1. The van der Waals surface area contributed by atoms with Crippen LogP contribution in [0.4, 0.5) is 15.8 Å². The summed E-state index contributed by atoms with van der Waals surface area (Å²) < 4.78 is 13.1. The van der Waals surface area contributed by atoms with Crippen molar-refractivity contribution in [3.8, 4) is 0 Å². The van der Waals surface area contributed by atoms with E-state index in [0.717, 1.165) is 25.1 Å². The van der Waals surface area contributed by atoms with Crippen molar-refractivity contribution in [2.24, 2.45) is 0 Å². The Kier molecular flexibility index (Phi) is 4.37. The lowest BCUT2D eigenvalue weighted by Crippen LogP contribution is -2.35. The zero-order chi connectivity index (χ0) is 16.2. The quantitative estimate of drug-likeness (QED) is 0.941. The third-order valence-electron chi connectivity index (χ3n) is 3.85. The number of benzene rings is 2. The Morgan fingerprint density at radius 1 is 1.09 bits per heavy atom. The predicted molar refractivity (Wildman–Crippen MR) is 87.0 cm³/mol. The molecule has 118 valence electrons. The number of nitrogens with zero attached hydrogens (tertiary/aromatic N) is 1. The van der Waals surface area contributed by atoms with Gasteiger partial charge in [0.05, 0.1) is 0 Å². The summed E-state index contributed by atoms with van der Waals surface area (Å²) in [6, 6.07) is 12.6. The minimum absolute atomic E-state index is 0.132. The molecule has 1 N–H and O–H groups in total. The van der Waals surface area contributed by atoms with E-state index in [1.165, 1.54) is 18.2 Å². The third-order valence-corrected chi connectivity index (χ3v) is 3.85. The molecule has 0 spiro atoms. The predicted octanol–water partition coefficient (Wildman–Crippen LogP) is 3.59. The second kappa shape index (κ2) is 6.60. The van der Waals surface area contributed by atoms with E-state index in [4.69, 9.17) is 0 Å². The number of carbonyl (C=O) groups is 2. The van der Waals surface area contributed by atoms with E-state index in [1.807, 2.05) is 12.1 Å². The molecular weight excluding hydrogens is 295 g/mol. The van der Waals surface area contributed by atoms with Crippen molar-refractivity contribution < 1.29 is 14.0 Å². The summed E-state index contributed by atoms with van der Waals surface area (Å²) in [5, 5.41) is 2.72. The monoisotopic (exact) mass is 312 g/mol. The van der Waals surface area contributed by atoms with Gasteiger partial charge in [-0.1, -0.05) is 6.07 Å². The minimum atomic E-state index is -0.448. The molecule has 0 unspecified atom stereocenters. The van der Waals surface area contributed by atoms with E-state index in [0.29, 0.717) is 12.1 Å². The first-order valence-corrected chi connectivity index (χ1v) is 7.61. The number of hydrogen-bond donors (Lipinski definition) is 1. The molecule has 0 saturated carbocycles. The Bertz CT molecular complexity index is 728.